The zero-order valence-electron chi connectivity index (χ0n) is 12.6. The monoisotopic (exact) mass is 283 g/mol. The van der Waals surface area contributed by atoms with Gasteiger partial charge in [-0.3, -0.25) is 14.5 Å². The molecule has 0 radical (unpaired) electrons. The number of carbonyl (C=O) groups is 2. The molecule has 0 aromatic rings. The van der Waals surface area contributed by atoms with Crippen LogP contribution in [0.5, 0.6) is 0 Å². The zero-order valence-corrected chi connectivity index (χ0v) is 12.6. The first-order valence-corrected chi connectivity index (χ1v) is 7.43. The van der Waals surface area contributed by atoms with Gasteiger partial charge in [-0.05, 0) is 12.5 Å². The van der Waals surface area contributed by atoms with Crippen molar-refractivity contribution in [3.63, 3.8) is 0 Å². The van der Waals surface area contributed by atoms with E-state index in [0.29, 0.717) is 13.2 Å². The Hall–Kier alpha value is -1.14. The quantitative estimate of drug-likeness (QED) is 0.769. The molecular formula is C14H25N3O3. The van der Waals surface area contributed by atoms with E-state index < -0.39 is 6.04 Å². The minimum atomic E-state index is -0.401. The Labute approximate surface area is 120 Å². The van der Waals surface area contributed by atoms with Crippen LogP contribution in [0.3, 0.4) is 0 Å². The van der Waals surface area contributed by atoms with Crippen molar-refractivity contribution in [1.82, 2.24) is 15.1 Å². The van der Waals surface area contributed by atoms with Crippen molar-refractivity contribution in [2.45, 2.75) is 32.9 Å². The summed E-state index contributed by atoms with van der Waals surface area (Å²) in [5.74, 6) is 0.0388. The highest BCUT2D eigenvalue weighted by atomic mass is 16.5. The fraction of sp³-hybridized carbons (Fsp3) is 0.857. The van der Waals surface area contributed by atoms with Gasteiger partial charge in [-0.15, -0.1) is 0 Å². The van der Waals surface area contributed by atoms with Crippen molar-refractivity contribution >= 4 is 11.8 Å². The van der Waals surface area contributed by atoms with Gasteiger partial charge in [0.1, 0.15) is 6.04 Å². The Bertz CT molecular complexity index is 373. The second kappa shape index (κ2) is 6.54. The maximum atomic E-state index is 12.4. The van der Waals surface area contributed by atoms with Gasteiger partial charge in [-0.2, -0.15) is 0 Å². The summed E-state index contributed by atoms with van der Waals surface area (Å²) in [6.45, 7) is 10.1. The van der Waals surface area contributed by atoms with Crippen LogP contribution in [-0.4, -0.2) is 73.1 Å². The average molecular weight is 283 g/mol. The molecule has 2 heterocycles. The molecule has 0 bridgehead atoms. The standard InChI is InChI=1S/C14H25N3O3/c1-4-16-5-6-20-11(7-16)8-17-9-12(18)15-13(10(2)3)14(17)19/h10-11,13H,4-9H2,1-3H3,(H,15,18). The molecule has 2 aliphatic rings. The molecular weight excluding hydrogens is 258 g/mol. The first kappa shape index (κ1) is 15.3. The Morgan fingerprint density at radius 3 is 2.80 bits per heavy atom. The molecule has 6 heteroatoms. The van der Waals surface area contributed by atoms with E-state index in [1.807, 2.05) is 13.8 Å². The first-order chi connectivity index (χ1) is 9.51. The predicted octanol–water partition coefficient (Wildman–Crippen LogP) is -0.310. The number of piperazine rings is 1. The number of carbonyl (C=O) groups excluding carboxylic acids is 2. The summed E-state index contributed by atoms with van der Waals surface area (Å²) in [6, 6.07) is -0.401. The minimum absolute atomic E-state index is 0.00589. The zero-order chi connectivity index (χ0) is 14.7. The second-order valence-corrected chi connectivity index (χ2v) is 5.89. The Balaban J connectivity index is 1.96. The van der Waals surface area contributed by atoms with Crippen LogP contribution in [0.15, 0.2) is 0 Å². The summed E-state index contributed by atoms with van der Waals surface area (Å²) in [4.78, 5) is 28.1. The fourth-order valence-corrected chi connectivity index (χ4v) is 2.76. The normalized spacial score (nSPS) is 28.9. The highest BCUT2D eigenvalue weighted by Gasteiger charge is 2.36. The summed E-state index contributed by atoms with van der Waals surface area (Å²) in [5, 5.41) is 2.77. The number of morpholine rings is 1. The van der Waals surface area contributed by atoms with Gasteiger partial charge in [-0.1, -0.05) is 20.8 Å². The van der Waals surface area contributed by atoms with Gasteiger partial charge in [0.2, 0.25) is 11.8 Å². The van der Waals surface area contributed by atoms with Crippen molar-refractivity contribution in [3.8, 4) is 0 Å². The summed E-state index contributed by atoms with van der Waals surface area (Å²) in [5.41, 5.74) is 0. The molecule has 1 N–H and O–H groups in total. The highest BCUT2D eigenvalue weighted by molar-refractivity contribution is 5.95. The van der Waals surface area contributed by atoms with Gasteiger partial charge in [0.25, 0.3) is 0 Å². The van der Waals surface area contributed by atoms with Crippen molar-refractivity contribution < 1.29 is 14.3 Å². The molecule has 20 heavy (non-hydrogen) atoms. The lowest BCUT2D eigenvalue weighted by Crippen LogP contribution is -2.62. The number of rotatable bonds is 4. The molecule has 2 saturated heterocycles. The molecule has 114 valence electrons. The molecule has 0 spiro atoms. The Morgan fingerprint density at radius 1 is 1.40 bits per heavy atom. The number of nitrogens with zero attached hydrogens (tertiary/aromatic N) is 2. The fourth-order valence-electron chi connectivity index (χ4n) is 2.76. The van der Waals surface area contributed by atoms with Crippen LogP contribution in [0.25, 0.3) is 0 Å². The summed E-state index contributed by atoms with van der Waals surface area (Å²) >= 11 is 0. The van der Waals surface area contributed by atoms with E-state index in [2.05, 4.69) is 17.1 Å². The molecule has 0 aliphatic carbocycles. The Morgan fingerprint density at radius 2 is 2.15 bits per heavy atom. The van der Waals surface area contributed by atoms with E-state index in [1.54, 1.807) is 4.90 Å². The largest absolute Gasteiger partial charge is 0.374 e. The van der Waals surface area contributed by atoms with Crippen LogP contribution in [0.4, 0.5) is 0 Å². The molecule has 2 fully saturated rings. The summed E-state index contributed by atoms with van der Waals surface area (Å²) in [6.07, 6.45) is 0.00589. The van der Waals surface area contributed by atoms with Crippen LogP contribution in [0, 0.1) is 5.92 Å². The molecule has 2 unspecified atom stereocenters. The molecule has 0 aromatic heterocycles. The van der Waals surface area contributed by atoms with Gasteiger partial charge in [0, 0.05) is 19.6 Å². The van der Waals surface area contributed by atoms with E-state index in [0.717, 1.165) is 19.6 Å². The highest BCUT2D eigenvalue weighted by Crippen LogP contribution is 2.13. The van der Waals surface area contributed by atoms with E-state index >= 15 is 0 Å². The van der Waals surface area contributed by atoms with Crippen molar-refractivity contribution in [1.29, 1.82) is 0 Å². The molecule has 0 aromatic carbocycles. The smallest absolute Gasteiger partial charge is 0.245 e. The third-order valence-electron chi connectivity index (χ3n) is 3.99. The summed E-state index contributed by atoms with van der Waals surface area (Å²) < 4.78 is 5.72. The van der Waals surface area contributed by atoms with Crippen molar-refractivity contribution in [2.75, 3.05) is 39.3 Å². The van der Waals surface area contributed by atoms with E-state index in [-0.39, 0.29) is 30.4 Å². The van der Waals surface area contributed by atoms with Crippen LogP contribution in [0.1, 0.15) is 20.8 Å². The number of ether oxygens (including phenoxy) is 1. The molecule has 0 saturated carbocycles. The van der Waals surface area contributed by atoms with E-state index in [9.17, 15) is 9.59 Å². The number of likely N-dealkylation sites (N-methyl/N-ethyl adjacent to an activating group) is 1. The third-order valence-corrected chi connectivity index (χ3v) is 3.99. The van der Waals surface area contributed by atoms with Crippen LogP contribution in [-0.2, 0) is 14.3 Å². The van der Waals surface area contributed by atoms with Gasteiger partial charge >= 0.3 is 0 Å². The van der Waals surface area contributed by atoms with Crippen LogP contribution >= 0.6 is 0 Å². The van der Waals surface area contributed by atoms with Crippen molar-refractivity contribution in [3.05, 3.63) is 0 Å². The van der Waals surface area contributed by atoms with Crippen LogP contribution in [0.2, 0.25) is 0 Å². The van der Waals surface area contributed by atoms with Gasteiger partial charge in [0.15, 0.2) is 0 Å². The molecule has 2 rings (SSSR count). The molecule has 6 nitrogen and oxygen atoms in total. The predicted molar refractivity (Wildman–Crippen MR) is 75.2 cm³/mol. The number of hydrogen-bond donors (Lipinski definition) is 1. The lowest BCUT2D eigenvalue weighted by atomic mass is 10.0. The maximum absolute atomic E-state index is 12.4. The van der Waals surface area contributed by atoms with Gasteiger partial charge < -0.3 is 15.0 Å². The second-order valence-electron chi connectivity index (χ2n) is 5.89. The molecule has 2 atom stereocenters. The van der Waals surface area contributed by atoms with Gasteiger partial charge in [-0.25, -0.2) is 0 Å². The topological polar surface area (TPSA) is 61.9 Å². The average Bonchev–Trinajstić information content (AvgIpc) is 2.42. The third kappa shape index (κ3) is 3.49. The van der Waals surface area contributed by atoms with Crippen LogP contribution < -0.4 is 5.32 Å². The van der Waals surface area contributed by atoms with E-state index in [1.165, 1.54) is 0 Å². The van der Waals surface area contributed by atoms with Crippen molar-refractivity contribution in [2.24, 2.45) is 5.92 Å². The lowest BCUT2D eigenvalue weighted by Gasteiger charge is -2.39. The van der Waals surface area contributed by atoms with Gasteiger partial charge in [0.05, 0.1) is 19.3 Å². The minimum Gasteiger partial charge on any atom is -0.374 e. The number of nitrogens with one attached hydrogen (secondary N) is 1. The van der Waals surface area contributed by atoms with E-state index in [4.69, 9.17) is 4.74 Å². The lowest BCUT2D eigenvalue weighted by molar-refractivity contribution is -0.148. The SMILES string of the molecule is CCN1CCOC(CN2CC(=O)NC(C(C)C)C2=O)C1. The number of amides is 2. The Kier molecular flexibility index (Phi) is 4.99. The number of hydrogen-bond acceptors (Lipinski definition) is 4. The first-order valence-electron chi connectivity index (χ1n) is 7.43. The molecule has 2 amide bonds. The maximum Gasteiger partial charge on any atom is 0.245 e. The molecule has 2 aliphatic heterocycles. The summed E-state index contributed by atoms with van der Waals surface area (Å²) in [7, 11) is 0.